The number of nitrogens with zero attached hydrogens (tertiary/aromatic N) is 2. The number of amides is 2. The van der Waals surface area contributed by atoms with Crippen LogP contribution in [0.1, 0.15) is 26.3 Å². The molecule has 0 fully saturated rings. The van der Waals surface area contributed by atoms with E-state index >= 15 is 0 Å². The van der Waals surface area contributed by atoms with Gasteiger partial charge in [-0.15, -0.1) is 0 Å². The second kappa shape index (κ2) is 7.78. The number of carboxylic acid groups (broad SMARTS) is 1. The number of nitrogens with two attached hydrogens (primary N) is 1. The van der Waals surface area contributed by atoms with E-state index in [-0.39, 0.29) is 10.7 Å². The van der Waals surface area contributed by atoms with Crippen LogP contribution in [0.5, 0.6) is 0 Å². The highest BCUT2D eigenvalue weighted by atomic mass is 17.1. The molecule has 0 saturated heterocycles. The minimum atomic E-state index is -1.46. The molecule has 0 saturated carbocycles. The predicted molar refractivity (Wildman–Crippen MR) is 75.9 cm³/mol. The van der Waals surface area contributed by atoms with Gasteiger partial charge in [0, 0.05) is 5.01 Å². The normalized spacial score (nSPS) is 10.0. The molecule has 22 heavy (non-hydrogen) atoms. The number of hydrogen-bond donors (Lipinski definition) is 3. The number of carbonyl (C=O) groups excluding carboxylic acids is 1. The quantitative estimate of drug-likeness (QED) is 0.429. The molecule has 0 aromatic heterocycles. The van der Waals surface area contributed by atoms with Crippen LogP contribution in [0.3, 0.4) is 0 Å². The summed E-state index contributed by atoms with van der Waals surface area (Å²) in [4.78, 5) is 34.4. The van der Waals surface area contributed by atoms with Gasteiger partial charge < -0.3 is 10.8 Å². The lowest BCUT2D eigenvalue weighted by molar-refractivity contribution is -0.486. The SMILES string of the molecule is CC(C)(C)c1ccccc1N(C(=O)OO)[N+](=O)[O-].NC(=O)O. The summed E-state index contributed by atoms with van der Waals surface area (Å²) in [6, 6.07) is 6.37. The van der Waals surface area contributed by atoms with E-state index in [4.69, 9.17) is 15.2 Å². The second-order valence-electron chi connectivity index (χ2n) is 5.01. The molecule has 0 aliphatic heterocycles. The van der Waals surface area contributed by atoms with E-state index in [1.165, 1.54) is 6.07 Å². The Balaban J connectivity index is 0.000000980. The van der Waals surface area contributed by atoms with E-state index in [9.17, 15) is 14.9 Å². The van der Waals surface area contributed by atoms with Crippen LogP contribution >= 0.6 is 0 Å². The first-order chi connectivity index (χ1) is 10.0. The fraction of sp³-hybridized carbons (Fsp3) is 0.333. The van der Waals surface area contributed by atoms with Crippen LogP contribution < -0.4 is 10.7 Å². The van der Waals surface area contributed by atoms with Crippen LogP contribution in [-0.4, -0.2) is 27.6 Å². The Morgan fingerprint density at radius 1 is 1.32 bits per heavy atom. The Labute approximate surface area is 125 Å². The minimum Gasteiger partial charge on any atom is -0.465 e. The van der Waals surface area contributed by atoms with Gasteiger partial charge in [0.05, 0.1) is 0 Å². The highest BCUT2D eigenvalue weighted by Gasteiger charge is 2.33. The van der Waals surface area contributed by atoms with Crippen LogP contribution in [0, 0.1) is 10.1 Å². The van der Waals surface area contributed by atoms with Crippen molar-refractivity contribution in [3.8, 4) is 0 Å². The Kier molecular flexibility index (Phi) is 6.77. The number of primary amides is 1. The molecule has 0 atom stereocenters. The molecule has 1 aromatic carbocycles. The van der Waals surface area contributed by atoms with Crippen LogP contribution in [-0.2, 0) is 10.3 Å². The highest BCUT2D eigenvalue weighted by molar-refractivity contribution is 5.85. The fourth-order valence-electron chi connectivity index (χ4n) is 1.58. The third-order valence-electron chi connectivity index (χ3n) is 2.35. The van der Waals surface area contributed by atoms with Gasteiger partial charge in [0.1, 0.15) is 5.69 Å². The summed E-state index contributed by atoms with van der Waals surface area (Å²) in [7, 11) is 0. The molecular weight excluding hydrogens is 298 g/mol. The van der Waals surface area contributed by atoms with E-state index in [1.54, 1.807) is 18.2 Å². The van der Waals surface area contributed by atoms with Crippen molar-refractivity contribution in [3.05, 3.63) is 39.9 Å². The monoisotopic (exact) mass is 315 g/mol. The minimum absolute atomic E-state index is 0.0639. The molecule has 0 aliphatic carbocycles. The molecule has 122 valence electrons. The molecule has 1 rings (SSSR count). The summed E-state index contributed by atoms with van der Waals surface area (Å²) in [5, 5.41) is 25.6. The van der Waals surface area contributed by atoms with E-state index < -0.39 is 22.6 Å². The maximum absolute atomic E-state index is 11.2. The van der Waals surface area contributed by atoms with E-state index in [2.05, 4.69) is 10.6 Å². The Bertz CT molecular complexity index is 550. The van der Waals surface area contributed by atoms with E-state index in [1.807, 2.05) is 20.8 Å². The first kappa shape index (κ1) is 19.1. The Hall–Kier alpha value is -2.88. The molecule has 0 radical (unpaired) electrons. The van der Waals surface area contributed by atoms with Crippen LogP contribution in [0.4, 0.5) is 15.3 Å². The van der Waals surface area contributed by atoms with Crippen molar-refractivity contribution < 1.29 is 29.9 Å². The van der Waals surface area contributed by atoms with Gasteiger partial charge in [-0.05, 0) is 17.0 Å². The van der Waals surface area contributed by atoms with E-state index in [0.29, 0.717) is 5.56 Å². The van der Waals surface area contributed by atoms with Crippen LogP contribution in [0.15, 0.2) is 24.3 Å². The largest absolute Gasteiger partial charge is 0.504 e. The zero-order chi connectivity index (χ0) is 17.5. The molecular formula is C12H17N3O7. The van der Waals surface area contributed by atoms with Crippen LogP contribution in [0.25, 0.3) is 0 Å². The number of benzene rings is 1. The highest BCUT2D eigenvalue weighted by Crippen LogP contribution is 2.32. The standard InChI is InChI=1S/C11H14N2O5.CH3NO2/c1-11(2,3)8-6-4-5-7-9(8)12(13(15)16)10(14)18-17;2-1(3)4/h4-7,17H,1-3H3;2H2,(H,3,4). The smallest absolute Gasteiger partial charge is 0.465 e. The topological polar surface area (TPSA) is 156 Å². The predicted octanol–water partition coefficient (Wildman–Crippen LogP) is 2.21. The van der Waals surface area contributed by atoms with Crippen LogP contribution in [0.2, 0.25) is 0 Å². The molecule has 10 nitrogen and oxygen atoms in total. The third-order valence-corrected chi connectivity index (χ3v) is 2.35. The number of nitro groups is 1. The number of para-hydroxylation sites is 1. The molecule has 0 bridgehead atoms. The molecule has 0 aliphatic rings. The van der Waals surface area contributed by atoms with Crippen molar-refractivity contribution in [2.75, 3.05) is 5.01 Å². The van der Waals surface area contributed by atoms with Crippen molar-refractivity contribution in [1.29, 1.82) is 0 Å². The molecule has 2 amide bonds. The van der Waals surface area contributed by atoms with Crippen molar-refractivity contribution in [1.82, 2.24) is 0 Å². The van der Waals surface area contributed by atoms with Crippen molar-refractivity contribution >= 4 is 17.9 Å². The average molecular weight is 315 g/mol. The van der Waals surface area contributed by atoms with Gasteiger partial charge in [-0.25, -0.2) is 19.7 Å². The van der Waals surface area contributed by atoms with Gasteiger partial charge in [-0.1, -0.05) is 39.0 Å². The zero-order valence-electron chi connectivity index (χ0n) is 12.2. The number of rotatable bonds is 2. The van der Waals surface area contributed by atoms with Gasteiger partial charge >= 0.3 is 12.2 Å². The Morgan fingerprint density at radius 3 is 2.14 bits per heavy atom. The van der Waals surface area contributed by atoms with Crippen molar-refractivity contribution in [2.24, 2.45) is 5.73 Å². The third kappa shape index (κ3) is 5.63. The fourth-order valence-corrected chi connectivity index (χ4v) is 1.58. The average Bonchev–Trinajstić information content (AvgIpc) is 2.37. The molecule has 10 heteroatoms. The first-order valence-corrected chi connectivity index (χ1v) is 5.90. The lowest BCUT2D eigenvalue weighted by Crippen LogP contribution is -2.38. The lowest BCUT2D eigenvalue weighted by Gasteiger charge is -2.23. The summed E-state index contributed by atoms with van der Waals surface area (Å²) in [5.41, 5.74) is 4.28. The van der Waals surface area contributed by atoms with Gasteiger partial charge in [-0.2, -0.15) is 5.26 Å². The van der Waals surface area contributed by atoms with Crippen molar-refractivity contribution in [2.45, 2.75) is 26.2 Å². The molecule has 1 aromatic rings. The van der Waals surface area contributed by atoms with Gasteiger partial charge in [0.2, 0.25) is 0 Å². The summed E-state index contributed by atoms with van der Waals surface area (Å²) in [5.74, 6) is 0. The molecule has 4 N–H and O–H groups in total. The molecule has 0 heterocycles. The lowest BCUT2D eigenvalue weighted by atomic mass is 9.86. The molecule has 0 unspecified atom stereocenters. The summed E-state index contributed by atoms with van der Waals surface area (Å²) < 4.78 is 0. The summed E-state index contributed by atoms with van der Waals surface area (Å²) >= 11 is 0. The first-order valence-electron chi connectivity index (χ1n) is 5.90. The zero-order valence-corrected chi connectivity index (χ0v) is 12.2. The van der Waals surface area contributed by atoms with Gasteiger partial charge in [0.25, 0.3) is 0 Å². The van der Waals surface area contributed by atoms with E-state index in [0.717, 1.165) is 0 Å². The molecule has 0 spiro atoms. The second-order valence-corrected chi connectivity index (χ2v) is 5.01. The van der Waals surface area contributed by atoms with Crippen molar-refractivity contribution in [3.63, 3.8) is 0 Å². The number of hydrogen-bond acceptors (Lipinski definition) is 6. The number of carbonyl (C=O) groups is 2. The summed E-state index contributed by atoms with van der Waals surface area (Å²) in [6.07, 6.45) is -2.79. The Morgan fingerprint density at radius 2 is 1.77 bits per heavy atom. The number of hydrazine groups is 1. The van der Waals surface area contributed by atoms with Gasteiger partial charge in [-0.3, -0.25) is 4.89 Å². The summed E-state index contributed by atoms with van der Waals surface area (Å²) in [6.45, 7) is 5.57. The number of anilines is 1. The van der Waals surface area contributed by atoms with Gasteiger partial charge in [0.15, 0.2) is 5.03 Å². The maximum atomic E-state index is 11.2. The maximum Gasteiger partial charge on any atom is 0.504 e.